The minimum atomic E-state index is -1.08. The molecule has 1 aliphatic heterocycles. The smallest absolute Gasteiger partial charge is 0.317 e. The molecule has 0 aromatic heterocycles. The first-order valence-electron chi connectivity index (χ1n) is 10.3. The first-order chi connectivity index (χ1) is 14.4. The lowest BCUT2D eigenvalue weighted by molar-refractivity contribution is -0.135. The van der Waals surface area contributed by atoms with E-state index in [-0.39, 0.29) is 11.8 Å². The number of amides is 3. The maximum Gasteiger partial charge on any atom is 0.317 e. The Bertz CT molecular complexity index is 918. The number of hydrogen-bond donors (Lipinski definition) is 2. The number of Topliss-reactive ketones (excluding diaryl/α,β-unsaturated/α-hetero) is 1. The van der Waals surface area contributed by atoms with Crippen molar-refractivity contribution in [2.75, 3.05) is 26.3 Å². The average molecular weight is 412 g/mol. The Morgan fingerprint density at radius 1 is 1.07 bits per heavy atom. The number of ketones is 1. The van der Waals surface area contributed by atoms with E-state index in [1.54, 1.807) is 18.7 Å². The largest absolute Gasteiger partial charge is 0.378 e. The van der Waals surface area contributed by atoms with Crippen LogP contribution in [0.2, 0.25) is 0 Å². The number of nitrogens with zero attached hydrogens (tertiary/aromatic N) is 1. The summed E-state index contributed by atoms with van der Waals surface area (Å²) in [7, 11) is 0. The van der Waals surface area contributed by atoms with Gasteiger partial charge in [0.25, 0.3) is 0 Å². The summed E-state index contributed by atoms with van der Waals surface area (Å²) in [6, 6.07) is 13.0. The second-order valence-corrected chi connectivity index (χ2v) is 7.86. The lowest BCUT2D eigenvalue weighted by atomic mass is 9.84. The van der Waals surface area contributed by atoms with E-state index in [4.69, 9.17) is 10.5 Å². The van der Waals surface area contributed by atoms with Crippen molar-refractivity contribution in [1.29, 1.82) is 0 Å². The van der Waals surface area contributed by atoms with Crippen LogP contribution in [0.25, 0.3) is 10.8 Å². The number of hydrogen-bond acceptors (Lipinski definition) is 4. The van der Waals surface area contributed by atoms with Crippen molar-refractivity contribution in [3.8, 4) is 0 Å². The zero-order chi connectivity index (χ0) is 21.7. The summed E-state index contributed by atoms with van der Waals surface area (Å²) < 4.78 is 5.25. The molecule has 3 amide bonds. The molecule has 7 nitrogen and oxygen atoms in total. The van der Waals surface area contributed by atoms with E-state index in [0.717, 1.165) is 16.3 Å². The van der Waals surface area contributed by atoms with Gasteiger partial charge in [0, 0.05) is 25.0 Å². The second-order valence-electron chi connectivity index (χ2n) is 7.86. The molecule has 0 bridgehead atoms. The van der Waals surface area contributed by atoms with E-state index in [9.17, 15) is 14.4 Å². The summed E-state index contributed by atoms with van der Waals surface area (Å²) in [4.78, 5) is 39.3. The highest BCUT2D eigenvalue weighted by Gasteiger charge is 2.35. The normalized spacial score (nSPS) is 17.2. The first-order valence-corrected chi connectivity index (χ1v) is 10.3. The van der Waals surface area contributed by atoms with Gasteiger partial charge in [-0.25, -0.2) is 4.79 Å². The van der Waals surface area contributed by atoms with Crippen LogP contribution in [0.4, 0.5) is 4.79 Å². The van der Waals surface area contributed by atoms with E-state index in [0.29, 0.717) is 32.7 Å². The number of fused-ring (bicyclic) bond motifs is 1. The maximum absolute atomic E-state index is 13.1. The summed E-state index contributed by atoms with van der Waals surface area (Å²) in [5, 5.41) is 4.96. The van der Waals surface area contributed by atoms with Gasteiger partial charge in [-0.1, -0.05) is 49.4 Å². The summed E-state index contributed by atoms with van der Waals surface area (Å²) in [5.74, 6) is -2.49. The minimum absolute atomic E-state index is 0.259. The van der Waals surface area contributed by atoms with E-state index in [1.165, 1.54) is 0 Å². The van der Waals surface area contributed by atoms with Crippen molar-refractivity contribution in [2.24, 2.45) is 17.6 Å². The molecule has 0 saturated carbocycles. The van der Waals surface area contributed by atoms with Gasteiger partial charge in [-0.3, -0.25) is 9.59 Å². The van der Waals surface area contributed by atoms with Crippen LogP contribution < -0.4 is 11.1 Å². The van der Waals surface area contributed by atoms with Crippen molar-refractivity contribution in [3.63, 3.8) is 0 Å². The molecule has 1 fully saturated rings. The van der Waals surface area contributed by atoms with Crippen molar-refractivity contribution >= 4 is 28.5 Å². The predicted molar refractivity (Wildman–Crippen MR) is 115 cm³/mol. The number of benzene rings is 2. The monoisotopic (exact) mass is 411 g/mol. The standard InChI is InChI=1S/C23H29N3O4/c1-15(14-18-8-5-7-17-6-3-4-9-19(17)18)21(27)20(22(24)28)16(2)25-23(29)26-10-12-30-13-11-26/h3-9,15-16,20H,10-14H2,1-2H3,(H2,24,28)(H,25,29)/t15?,16-,20?/m1/s1. The quantitative estimate of drug-likeness (QED) is 0.682. The molecule has 3 N–H and O–H groups in total. The Morgan fingerprint density at radius 3 is 2.43 bits per heavy atom. The fourth-order valence-electron chi connectivity index (χ4n) is 3.98. The van der Waals surface area contributed by atoms with Crippen LogP contribution in [0.3, 0.4) is 0 Å². The molecule has 0 radical (unpaired) electrons. The Morgan fingerprint density at radius 2 is 1.73 bits per heavy atom. The van der Waals surface area contributed by atoms with E-state index < -0.39 is 23.8 Å². The van der Waals surface area contributed by atoms with Crippen LogP contribution in [0.5, 0.6) is 0 Å². The summed E-state index contributed by atoms with van der Waals surface area (Å²) in [6.07, 6.45) is 0.494. The van der Waals surface area contributed by atoms with Gasteiger partial charge >= 0.3 is 6.03 Å². The molecule has 0 spiro atoms. The Kier molecular flexibility index (Phi) is 7.05. The molecule has 3 rings (SSSR count). The van der Waals surface area contributed by atoms with Gasteiger partial charge in [0.1, 0.15) is 5.92 Å². The van der Waals surface area contributed by atoms with Gasteiger partial charge in [-0.2, -0.15) is 0 Å². The van der Waals surface area contributed by atoms with Crippen LogP contribution in [-0.4, -0.2) is 55.0 Å². The molecule has 0 aliphatic carbocycles. The van der Waals surface area contributed by atoms with Gasteiger partial charge in [0.2, 0.25) is 5.91 Å². The van der Waals surface area contributed by atoms with Gasteiger partial charge in [0.15, 0.2) is 5.78 Å². The van der Waals surface area contributed by atoms with Gasteiger partial charge in [0.05, 0.1) is 13.2 Å². The Hall–Kier alpha value is -2.93. The zero-order valence-electron chi connectivity index (χ0n) is 17.5. The third-order valence-corrected chi connectivity index (χ3v) is 5.65. The average Bonchev–Trinajstić information content (AvgIpc) is 2.74. The number of nitrogens with two attached hydrogens (primary N) is 1. The van der Waals surface area contributed by atoms with Crippen molar-refractivity contribution in [1.82, 2.24) is 10.2 Å². The van der Waals surface area contributed by atoms with Crippen molar-refractivity contribution < 1.29 is 19.1 Å². The lowest BCUT2D eigenvalue weighted by Crippen LogP contribution is -2.54. The SMILES string of the molecule is CC(Cc1cccc2ccccc12)C(=O)C(C(N)=O)[C@@H](C)NC(=O)N1CCOCC1. The fourth-order valence-corrected chi connectivity index (χ4v) is 3.98. The van der Waals surface area contributed by atoms with Gasteiger partial charge in [-0.05, 0) is 29.7 Å². The van der Waals surface area contributed by atoms with Crippen LogP contribution in [0, 0.1) is 11.8 Å². The summed E-state index contributed by atoms with van der Waals surface area (Å²) >= 11 is 0. The molecule has 160 valence electrons. The van der Waals surface area contributed by atoms with Crippen LogP contribution in [0.1, 0.15) is 19.4 Å². The number of nitrogens with one attached hydrogen (secondary N) is 1. The highest BCUT2D eigenvalue weighted by atomic mass is 16.5. The number of ether oxygens (including phenoxy) is 1. The number of morpholine rings is 1. The zero-order valence-corrected chi connectivity index (χ0v) is 17.5. The fraction of sp³-hybridized carbons (Fsp3) is 0.435. The number of rotatable bonds is 7. The van der Waals surface area contributed by atoms with Crippen molar-refractivity contribution in [2.45, 2.75) is 26.3 Å². The maximum atomic E-state index is 13.1. The molecule has 2 aromatic rings. The van der Waals surface area contributed by atoms with Gasteiger partial charge < -0.3 is 20.7 Å². The molecule has 7 heteroatoms. The number of carbonyl (C=O) groups is 3. The highest BCUT2D eigenvalue weighted by Crippen LogP contribution is 2.23. The molecular formula is C23H29N3O4. The predicted octanol–water partition coefficient (Wildman–Crippen LogP) is 2.12. The molecular weight excluding hydrogens is 382 g/mol. The summed E-state index contributed by atoms with van der Waals surface area (Å²) in [6.45, 7) is 5.35. The molecule has 2 unspecified atom stereocenters. The third kappa shape index (κ3) is 4.97. The van der Waals surface area contributed by atoms with E-state index in [2.05, 4.69) is 5.32 Å². The highest BCUT2D eigenvalue weighted by molar-refractivity contribution is 6.03. The lowest BCUT2D eigenvalue weighted by Gasteiger charge is -2.30. The van der Waals surface area contributed by atoms with Gasteiger partial charge in [-0.15, -0.1) is 0 Å². The van der Waals surface area contributed by atoms with Crippen LogP contribution in [-0.2, 0) is 20.7 Å². The minimum Gasteiger partial charge on any atom is -0.378 e. The first kappa shape index (κ1) is 21.8. The molecule has 1 aliphatic rings. The molecule has 1 saturated heterocycles. The third-order valence-electron chi connectivity index (χ3n) is 5.65. The molecule has 3 atom stereocenters. The molecule has 2 aromatic carbocycles. The second kappa shape index (κ2) is 9.71. The van der Waals surface area contributed by atoms with E-state index in [1.807, 2.05) is 42.5 Å². The van der Waals surface area contributed by atoms with Crippen molar-refractivity contribution in [3.05, 3.63) is 48.0 Å². The number of urea groups is 1. The number of primary amides is 1. The Balaban J connectivity index is 1.70. The molecule has 30 heavy (non-hydrogen) atoms. The van der Waals surface area contributed by atoms with Crippen LogP contribution in [0.15, 0.2) is 42.5 Å². The van der Waals surface area contributed by atoms with E-state index >= 15 is 0 Å². The van der Waals surface area contributed by atoms with Crippen LogP contribution >= 0.6 is 0 Å². The topological polar surface area (TPSA) is 102 Å². The molecule has 1 heterocycles. The summed E-state index contributed by atoms with van der Waals surface area (Å²) in [5.41, 5.74) is 6.61. The number of carbonyl (C=O) groups excluding carboxylic acids is 3. The Labute approximate surface area is 176 Å².